The van der Waals surface area contributed by atoms with Gasteiger partial charge in [0.2, 0.25) is 0 Å². The highest BCUT2D eigenvalue weighted by molar-refractivity contribution is 6.36. The molecule has 0 aromatic heterocycles. The third kappa shape index (κ3) is 3.47. The Balaban J connectivity index is 3.95. The van der Waals surface area contributed by atoms with Crippen molar-refractivity contribution in [1.82, 2.24) is 0 Å². The lowest BCUT2D eigenvalue weighted by atomic mass is 10.1. The van der Waals surface area contributed by atoms with E-state index in [0.29, 0.717) is 0 Å². The molecule has 0 saturated heterocycles. The molecule has 0 bridgehead atoms. The van der Waals surface area contributed by atoms with Crippen LogP contribution in [-0.4, -0.2) is 28.7 Å². The van der Waals surface area contributed by atoms with Gasteiger partial charge in [-0.05, 0) is 0 Å². The number of hydrogen-bond acceptors (Lipinski definition) is 4. The predicted molar refractivity (Wildman–Crippen MR) is 35.9 cm³/mol. The number of carbonyl (C=O) groups is 3. The van der Waals surface area contributed by atoms with Crippen LogP contribution in [0, 0.1) is 0 Å². The van der Waals surface area contributed by atoms with E-state index in [4.69, 9.17) is 10.8 Å². The Kier molecular flexibility index (Phi) is 3.39. The number of aliphatic carboxylic acids is 1. The lowest BCUT2D eigenvalue weighted by Gasteiger charge is -2.01. The number of ketones is 2. The minimum Gasteiger partial charge on any atom is -0.480 e. The van der Waals surface area contributed by atoms with Crippen molar-refractivity contribution < 1.29 is 19.5 Å². The lowest BCUT2D eigenvalue weighted by Crippen LogP contribution is -2.34. The summed E-state index contributed by atoms with van der Waals surface area (Å²) in [5.41, 5.74) is 4.98. The first kappa shape index (κ1) is 9.77. The average molecular weight is 159 g/mol. The van der Waals surface area contributed by atoms with Gasteiger partial charge >= 0.3 is 5.97 Å². The van der Waals surface area contributed by atoms with Crippen molar-refractivity contribution >= 4 is 17.5 Å². The maximum Gasteiger partial charge on any atom is 0.320 e. The summed E-state index contributed by atoms with van der Waals surface area (Å²) < 4.78 is 0. The molecular formula is C6H9NO4. The van der Waals surface area contributed by atoms with Crippen LogP contribution in [0.1, 0.15) is 13.3 Å². The van der Waals surface area contributed by atoms with Gasteiger partial charge in [-0.3, -0.25) is 14.4 Å². The van der Waals surface area contributed by atoms with Crippen LogP contribution >= 0.6 is 0 Å². The normalized spacial score (nSPS) is 12.2. The van der Waals surface area contributed by atoms with Gasteiger partial charge in [0.15, 0.2) is 11.6 Å². The Morgan fingerprint density at radius 3 is 2.18 bits per heavy atom. The van der Waals surface area contributed by atoms with Crippen LogP contribution in [0.4, 0.5) is 0 Å². The third-order valence-electron chi connectivity index (χ3n) is 1.12. The second-order valence-corrected chi connectivity index (χ2v) is 2.13. The lowest BCUT2D eigenvalue weighted by molar-refractivity contribution is -0.141. The fraction of sp³-hybridized carbons (Fsp3) is 0.500. The number of carboxylic acid groups (broad SMARTS) is 1. The van der Waals surface area contributed by atoms with Gasteiger partial charge < -0.3 is 10.8 Å². The van der Waals surface area contributed by atoms with Crippen molar-refractivity contribution in [3.05, 3.63) is 0 Å². The zero-order chi connectivity index (χ0) is 9.02. The van der Waals surface area contributed by atoms with E-state index in [-0.39, 0.29) is 0 Å². The molecule has 5 nitrogen and oxygen atoms in total. The molecule has 0 aromatic carbocycles. The van der Waals surface area contributed by atoms with Crippen LogP contribution in [0.2, 0.25) is 0 Å². The van der Waals surface area contributed by atoms with E-state index in [9.17, 15) is 14.4 Å². The van der Waals surface area contributed by atoms with E-state index in [1.807, 2.05) is 0 Å². The van der Waals surface area contributed by atoms with Gasteiger partial charge in [0.1, 0.15) is 6.04 Å². The first-order valence-electron chi connectivity index (χ1n) is 2.97. The fourth-order valence-corrected chi connectivity index (χ4v) is 0.431. The average Bonchev–Trinajstić information content (AvgIpc) is 1.87. The van der Waals surface area contributed by atoms with Crippen molar-refractivity contribution in [1.29, 1.82) is 0 Å². The van der Waals surface area contributed by atoms with Crippen LogP contribution in [0.15, 0.2) is 0 Å². The van der Waals surface area contributed by atoms with Crippen LogP contribution in [-0.2, 0) is 14.4 Å². The molecule has 0 aliphatic rings. The number of rotatable bonds is 4. The summed E-state index contributed by atoms with van der Waals surface area (Å²) >= 11 is 0. The summed E-state index contributed by atoms with van der Waals surface area (Å²) in [7, 11) is 0. The zero-order valence-electron chi connectivity index (χ0n) is 6.03. The number of carbonyl (C=O) groups excluding carboxylic acids is 2. The number of carboxylic acids is 1. The van der Waals surface area contributed by atoms with Gasteiger partial charge in [0, 0.05) is 13.3 Å². The van der Waals surface area contributed by atoms with Crippen LogP contribution in [0.25, 0.3) is 0 Å². The summed E-state index contributed by atoms with van der Waals surface area (Å²) in [5, 5.41) is 8.22. The summed E-state index contributed by atoms with van der Waals surface area (Å²) in [4.78, 5) is 30.9. The Bertz CT molecular complexity index is 199. The first-order chi connectivity index (χ1) is 4.95. The molecule has 11 heavy (non-hydrogen) atoms. The molecule has 1 atom stereocenters. The van der Waals surface area contributed by atoms with Crippen molar-refractivity contribution in [2.45, 2.75) is 19.4 Å². The number of hydrogen-bond donors (Lipinski definition) is 2. The van der Waals surface area contributed by atoms with Crippen LogP contribution in [0.5, 0.6) is 0 Å². The van der Waals surface area contributed by atoms with Crippen LogP contribution in [0.3, 0.4) is 0 Å². The zero-order valence-corrected chi connectivity index (χ0v) is 6.03. The summed E-state index contributed by atoms with van der Waals surface area (Å²) in [6.45, 7) is 1.08. The Hall–Kier alpha value is -1.23. The van der Waals surface area contributed by atoms with Crippen molar-refractivity contribution in [3.63, 3.8) is 0 Å². The first-order valence-corrected chi connectivity index (χ1v) is 2.97. The second-order valence-electron chi connectivity index (χ2n) is 2.13. The third-order valence-corrected chi connectivity index (χ3v) is 1.12. The molecular weight excluding hydrogens is 150 g/mol. The van der Waals surface area contributed by atoms with Gasteiger partial charge in [-0.15, -0.1) is 0 Å². The van der Waals surface area contributed by atoms with E-state index in [0.717, 1.165) is 6.92 Å². The van der Waals surface area contributed by atoms with E-state index < -0.39 is 30.0 Å². The van der Waals surface area contributed by atoms with E-state index in [2.05, 4.69) is 0 Å². The molecule has 0 aliphatic carbocycles. The smallest absolute Gasteiger partial charge is 0.320 e. The largest absolute Gasteiger partial charge is 0.480 e. The molecule has 0 unspecified atom stereocenters. The molecule has 0 amide bonds. The van der Waals surface area contributed by atoms with E-state index >= 15 is 0 Å². The molecule has 5 heteroatoms. The monoisotopic (exact) mass is 159 g/mol. The van der Waals surface area contributed by atoms with Crippen molar-refractivity contribution in [2.24, 2.45) is 5.73 Å². The molecule has 0 spiro atoms. The molecule has 3 N–H and O–H groups in total. The van der Waals surface area contributed by atoms with Crippen molar-refractivity contribution in [3.8, 4) is 0 Å². The van der Waals surface area contributed by atoms with Crippen LogP contribution < -0.4 is 5.73 Å². The highest BCUT2D eigenvalue weighted by Gasteiger charge is 2.18. The number of Topliss-reactive ketones (excluding diaryl/α,β-unsaturated/α-hetero) is 2. The Labute approximate surface area is 63.2 Å². The van der Waals surface area contributed by atoms with Gasteiger partial charge in [-0.25, -0.2) is 0 Å². The minimum atomic E-state index is -1.28. The molecule has 0 aromatic rings. The highest BCUT2D eigenvalue weighted by Crippen LogP contribution is 1.90. The predicted octanol–water partition coefficient (Wildman–Crippen LogP) is -1.05. The number of nitrogens with two attached hydrogens (primary N) is 1. The highest BCUT2D eigenvalue weighted by atomic mass is 16.4. The fourth-order valence-electron chi connectivity index (χ4n) is 0.431. The molecule has 0 radical (unpaired) electrons. The minimum absolute atomic E-state index is 0.426. The summed E-state index contributed by atoms with van der Waals surface area (Å²) in [6.07, 6.45) is -0.426. The van der Waals surface area contributed by atoms with Gasteiger partial charge in [-0.1, -0.05) is 0 Å². The molecule has 0 saturated carbocycles. The molecule has 0 heterocycles. The molecule has 62 valence electrons. The van der Waals surface area contributed by atoms with Crippen molar-refractivity contribution in [2.75, 3.05) is 0 Å². The van der Waals surface area contributed by atoms with Gasteiger partial charge in [0.05, 0.1) is 0 Å². The maximum atomic E-state index is 10.6. The van der Waals surface area contributed by atoms with Gasteiger partial charge in [0.25, 0.3) is 0 Å². The molecule has 0 rings (SSSR count). The quantitative estimate of drug-likeness (QED) is 0.510. The van der Waals surface area contributed by atoms with E-state index in [1.165, 1.54) is 0 Å². The SMILES string of the molecule is CC(=O)C(=O)C[C@H](N)C(=O)O. The standard InChI is InChI=1S/C6H9NO4/c1-3(8)5(9)2-4(7)6(10)11/h4H,2,7H2,1H3,(H,10,11)/t4-/m0/s1. The Morgan fingerprint density at radius 1 is 1.45 bits per heavy atom. The second kappa shape index (κ2) is 3.82. The maximum absolute atomic E-state index is 10.6. The summed E-state index contributed by atoms with van der Waals surface area (Å²) in [5.74, 6) is -2.69. The van der Waals surface area contributed by atoms with E-state index in [1.54, 1.807) is 0 Å². The topological polar surface area (TPSA) is 97.5 Å². The molecule has 0 fully saturated rings. The molecule has 0 aliphatic heterocycles. The Morgan fingerprint density at radius 2 is 1.91 bits per heavy atom. The summed E-state index contributed by atoms with van der Waals surface area (Å²) in [6, 6.07) is -1.27. The van der Waals surface area contributed by atoms with Gasteiger partial charge in [-0.2, -0.15) is 0 Å².